The monoisotopic (exact) mass is 275 g/mol. The molecule has 1 N–H and O–H groups in total. The van der Waals surface area contributed by atoms with Gasteiger partial charge >= 0.3 is 0 Å². The Hall–Kier alpha value is -1.19. The predicted octanol–water partition coefficient (Wildman–Crippen LogP) is 2.45. The molecule has 2 rings (SSSR count). The highest BCUT2D eigenvalue weighted by atomic mass is 16.3. The van der Waals surface area contributed by atoms with Crippen LogP contribution in [-0.4, -0.2) is 41.0 Å². The lowest BCUT2D eigenvalue weighted by Gasteiger charge is -2.29. The summed E-state index contributed by atoms with van der Waals surface area (Å²) in [5.74, 6) is 0.128. The molecular weight excluding hydrogens is 250 g/mol. The third kappa shape index (κ3) is 3.68. The molecule has 0 fully saturated rings. The molecule has 3 nitrogen and oxygen atoms in total. The van der Waals surface area contributed by atoms with Crippen molar-refractivity contribution >= 4 is 5.78 Å². The topological polar surface area (TPSA) is 40.5 Å². The van der Waals surface area contributed by atoms with E-state index in [1.54, 1.807) is 6.92 Å². The van der Waals surface area contributed by atoms with E-state index in [9.17, 15) is 9.90 Å². The van der Waals surface area contributed by atoms with Crippen molar-refractivity contribution in [3.63, 3.8) is 0 Å². The van der Waals surface area contributed by atoms with Gasteiger partial charge in [0.25, 0.3) is 0 Å². The Morgan fingerprint density at radius 3 is 2.55 bits per heavy atom. The number of benzene rings is 1. The van der Waals surface area contributed by atoms with Gasteiger partial charge in [0.1, 0.15) is 0 Å². The van der Waals surface area contributed by atoms with Crippen LogP contribution in [0.1, 0.15) is 48.7 Å². The summed E-state index contributed by atoms with van der Waals surface area (Å²) in [6.45, 7) is 8.18. The van der Waals surface area contributed by atoms with Gasteiger partial charge in [0.15, 0.2) is 5.78 Å². The van der Waals surface area contributed by atoms with E-state index in [2.05, 4.69) is 11.0 Å². The molecular formula is C17H25NO2. The number of rotatable bonds is 4. The summed E-state index contributed by atoms with van der Waals surface area (Å²) >= 11 is 0. The van der Waals surface area contributed by atoms with Crippen molar-refractivity contribution in [3.8, 4) is 0 Å². The Balaban J connectivity index is 2.09. The first-order valence-corrected chi connectivity index (χ1v) is 7.49. The zero-order valence-electron chi connectivity index (χ0n) is 12.8. The number of carbonyl (C=O) groups is 1. The van der Waals surface area contributed by atoms with Crippen LogP contribution in [0.15, 0.2) is 18.2 Å². The summed E-state index contributed by atoms with van der Waals surface area (Å²) < 4.78 is 0. The minimum atomic E-state index is -0.610. The smallest absolute Gasteiger partial charge is 0.159 e. The summed E-state index contributed by atoms with van der Waals surface area (Å²) in [7, 11) is 0. The maximum Gasteiger partial charge on any atom is 0.159 e. The Morgan fingerprint density at radius 2 is 1.95 bits per heavy atom. The summed E-state index contributed by atoms with van der Waals surface area (Å²) in [5, 5.41) is 10.2. The maximum atomic E-state index is 11.5. The second kappa shape index (κ2) is 6.06. The van der Waals surface area contributed by atoms with E-state index in [4.69, 9.17) is 0 Å². The van der Waals surface area contributed by atoms with Crippen molar-refractivity contribution in [3.05, 3.63) is 34.9 Å². The lowest BCUT2D eigenvalue weighted by atomic mass is 9.99. The quantitative estimate of drug-likeness (QED) is 0.858. The molecule has 1 atom stereocenters. The van der Waals surface area contributed by atoms with Crippen molar-refractivity contribution in [2.75, 3.05) is 19.6 Å². The number of nitrogens with zero attached hydrogens (tertiary/aromatic N) is 1. The molecule has 1 aliphatic heterocycles. The summed E-state index contributed by atoms with van der Waals surface area (Å²) in [6, 6.07) is 6.06. The average Bonchev–Trinajstić information content (AvgIpc) is 2.60. The number of Topliss-reactive ketones (excluding diaryl/α,β-unsaturated/α-hetero) is 1. The van der Waals surface area contributed by atoms with Crippen LogP contribution in [0.25, 0.3) is 0 Å². The molecule has 110 valence electrons. The highest BCUT2D eigenvalue weighted by Gasteiger charge is 2.23. The van der Waals surface area contributed by atoms with Crippen LogP contribution < -0.4 is 0 Å². The standard InChI is InChI=1S/C17H25NO2/c1-4-17(3,20)12-18-9-7-14-5-6-15(13(2)19)11-16(14)8-10-18/h5-6,11,20H,4,7-10,12H2,1-3H3/t17-/m1/s1. The molecule has 0 aliphatic carbocycles. The molecule has 0 spiro atoms. The van der Waals surface area contributed by atoms with Gasteiger partial charge in [-0.1, -0.05) is 19.1 Å². The molecule has 1 aromatic rings. The Kier molecular flexibility index (Phi) is 4.61. The average molecular weight is 275 g/mol. The minimum absolute atomic E-state index is 0.128. The van der Waals surface area contributed by atoms with E-state index in [1.807, 2.05) is 26.0 Å². The summed E-state index contributed by atoms with van der Waals surface area (Å²) in [4.78, 5) is 13.8. The van der Waals surface area contributed by atoms with Crippen LogP contribution in [0.5, 0.6) is 0 Å². The molecule has 1 aliphatic rings. The van der Waals surface area contributed by atoms with Gasteiger partial charge < -0.3 is 5.11 Å². The third-order valence-corrected chi connectivity index (χ3v) is 4.33. The van der Waals surface area contributed by atoms with E-state index < -0.39 is 5.60 Å². The van der Waals surface area contributed by atoms with Crippen molar-refractivity contribution in [1.29, 1.82) is 0 Å². The zero-order chi connectivity index (χ0) is 14.8. The van der Waals surface area contributed by atoms with Gasteiger partial charge in [-0.15, -0.1) is 0 Å². The van der Waals surface area contributed by atoms with Crippen molar-refractivity contribution in [1.82, 2.24) is 4.90 Å². The van der Waals surface area contributed by atoms with Gasteiger partial charge in [-0.3, -0.25) is 9.69 Å². The fourth-order valence-corrected chi connectivity index (χ4v) is 2.74. The first-order chi connectivity index (χ1) is 9.41. The number of ketones is 1. The highest BCUT2D eigenvalue weighted by Crippen LogP contribution is 2.20. The number of hydrogen-bond donors (Lipinski definition) is 1. The van der Waals surface area contributed by atoms with E-state index in [1.165, 1.54) is 11.1 Å². The molecule has 1 aromatic carbocycles. The van der Waals surface area contributed by atoms with E-state index in [0.29, 0.717) is 0 Å². The SMILES string of the molecule is CC[C@@](C)(O)CN1CCc2ccc(C(C)=O)cc2CC1. The van der Waals surface area contributed by atoms with E-state index >= 15 is 0 Å². The summed E-state index contributed by atoms with van der Waals surface area (Å²) in [6.07, 6.45) is 2.72. The molecule has 1 heterocycles. The molecule has 0 aromatic heterocycles. The molecule has 0 saturated heterocycles. The van der Waals surface area contributed by atoms with Crippen molar-refractivity contribution in [2.45, 2.75) is 45.6 Å². The first kappa shape index (κ1) is 15.2. The lowest BCUT2D eigenvalue weighted by Crippen LogP contribution is -2.41. The Labute approximate surface area is 121 Å². The van der Waals surface area contributed by atoms with Gasteiger partial charge in [0, 0.05) is 25.2 Å². The van der Waals surface area contributed by atoms with Crippen LogP contribution in [0, 0.1) is 0 Å². The molecule has 0 unspecified atom stereocenters. The first-order valence-electron chi connectivity index (χ1n) is 7.49. The molecule has 20 heavy (non-hydrogen) atoms. The van der Waals surface area contributed by atoms with Crippen LogP contribution in [0.3, 0.4) is 0 Å². The molecule has 3 heteroatoms. The number of hydrogen-bond acceptors (Lipinski definition) is 3. The minimum Gasteiger partial charge on any atom is -0.389 e. The number of fused-ring (bicyclic) bond motifs is 1. The maximum absolute atomic E-state index is 11.5. The van der Waals surface area contributed by atoms with E-state index in [0.717, 1.165) is 44.5 Å². The lowest BCUT2D eigenvalue weighted by molar-refractivity contribution is 0.0176. The predicted molar refractivity (Wildman–Crippen MR) is 81.2 cm³/mol. The van der Waals surface area contributed by atoms with Gasteiger partial charge in [0.05, 0.1) is 5.60 Å². The Bertz CT molecular complexity index is 494. The van der Waals surface area contributed by atoms with Gasteiger partial charge in [-0.25, -0.2) is 0 Å². The number of aliphatic hydroxyl groups is 1. The molecule has 0 radical (unpaired) electrons. The van der Waals surface area contributed by atoms with Crippen LogP contribution >= 0.6 is 0 Å². The largest absolute Gasteiger partial charge is 0.389 e. The van der Waals surface area contributed by atoms with Gasteiger partial charge in [-0.2, -0.15) is 0 Å². The molecule has 0 bridgehead atoms. The Morgan fingerprint density at radius 1 is 1.30 bits per heavy atom. The number of carbonyl (C=O) groups excluding carboxylic acids is 1. The fraction of sp³-hybridized carbons (Fsp3) is 0.588. The second-order valence-corrected chi connectivity index (χ2v) is 6.17. The highest BCUT2D eigenvalue weighted by molar-refractivity contribution is 5.94. The van der Waals surface area contributed by atoms with Gasteiger partial charge in [0.2, 0.25) is 0 Å². The van der Waals surface area contributed by atoms with Crippen LogP contribution in [0.2, 0.25) is 0 Å². The van der Waals surface area contributed by atoms with Crippen LogP contribution in [0.4, 0.5) is 0 Å². The molecule has 0 saturated carbocycles. The summed E-state index contributed by atoms with van der Waals surface area (Å²) in [5.41, 5.74) is 2.82. The molecule has 0 amide bonds. The second-order valence-electron chi connectivity index (χ2n) is 6.17. The van der Waals surface area contributed by atoms with Crippen molar-refractivity contribution < 1.29 is 9.90 Å². The fourth-order valence-electron chi connectivity index (χ4n) is 2.74. The van der Waals surface area contributed by atoms with Crippen LogP contribution in [-0.2, 0) is 12.8 Å². The van der Waals surface area contributed by atoms with Gasteiger partial charge in [-0.05, 0) is 50.3 Å². The normalized spacial score (nSPS) is 19.0. The number of β-amino-alcohol motifs (C(OH)–C–C–N with tert-alkyl or cyclic N) is 1. The zero-order valence-corrected chi connectivity index (χ0v) is 12.8. The third-order valence-electron chi connectivity index (χ3n) is 4.33. The van der Waals surface area contributed by atoms with Crippen molar-refractivity contribution in [2.24, 2.45) is 0 Å². The van der Waals surface area contributed by atoms with E-state index in [-0.39, 0.29) is 5.78 Å².